The number of ether oxygens (including phenoxy) is 2. The van der Waals surface area contributed by atoms with Gasteiger partial charge in [0.25, 0.3) is 5.91 Å². The Balaban J connectivity index is 1.41. The Bertz CT molecular complexity index is 1190. The van der Waals surface area contributed by atoms with Crippen LogP contribution in [0.1, 0.15) is 15.9 Å². The number of methoxy groups -OCH3 is 1. The molecule has 0 saturated carbocycles. The SMILES string of the molecule is COc1cccc(NC(=O)c2ccc(Oc3ncc(-c4ccccc4C)cn3)cc2)c1. The van der Waals surface area contributed by atoms with Gasteiger partial charge in [0, 0.05) is 35.3 Å². The first-order chi connectivity index (χ1) is 15.1. The standard InChI is InChI=1S/C25H21N3O3/c1-17-6-3-4-9-23(17)19-15-26-25(27-16-19)31-21-12-10-18(11-13-21)24(29)28-20-7-5-8-22(14-20)30-2/h3-16H,1-2H3,(H,28,29). The molecule has 154 valence electrons. The molecule has 3 aromatic carbocycles. The van der Waals surface area contributed by atoms with E-state index in [1.54, 1.807) is 55.9 Å². The van der Waals surface area contributed by atoms with Gasteiger partial charge in [-0.25, -0.2) is 9.97 Å². The number of nitrogens with one attached hydrogen (secondary N) is 1. The number of nitrogens with zero attached hydrogens (tertiary/aromatic N) is 2. The number of benzene rings is 3. The molecule has 0 unspecified atom stereocenters. The van der Waals surface area contributed by atoms with Crippen LogP contribution in [0.4, 0.5) is 5.69 Å². The van der Waals surface area contributed by atoms with Crippen molar-refractivity contribution in [3.63, 3.8) is 0 Å². The molecule has 1 N–H and O–H groups in total. The quantitative estimate of drug-likeness (QED) is 0.453. The number of hydrogen-bond acceptors (Lipinski definition) is 5. The van der Waals surface area contributed by atoms with Crippen molar-refractivity contribution < 1.29 is 14.3 Å². The highest BCUT2D eigenvalue weighted by Gasteiger charge is 2.09. The van der Waals surface area contributed by atoms with Crippen molar-refractivity contribution in [3.8, 4) is 28.6 Å². The molecule has 0 spiro atoms. The van der Waals surface area contributed by atoms with Gasteiger partial charge in [0.1, 0.15) is 11.5 Å². The summed E-state index contributed by atoms with van der Waals surface area (Å²) < 4.78 is 10.9. The molecule has 6 heteroatoms. The molecular weight excluding hydrogens is 390 g/mol. The maximum atomic E-state index is 12.5. The van der Waals surface area contributed by atoms with E-state index in [4.69, 9.17) is 9.47 Å². The summed E-state index contributed by atoms with van der Waals surface area (Å²) in [4.78, 5) is 21.1. The van der Waals surface area contributed by atoms with Crippen LogP contribution in [-0.4, -0.2) is 23.0 Å². The summed E-state index contributed by atoms with van der Waals surface area (Å²) in [5, 5.41) is 2.84. The number of anilines is 1. The highest BCUT2D eigenvalue weighted by molar-refractivity contribution is 6.04. The normalized spacial score (nSPS) is 10.4. The second-order valence-electron chi connectivity index (χ2n) is 6.88. The largest absolute Gasteiger partial charge is 0.497 e. The molecular formula is C25H21N3O3. The average Bonchev–Trinajstić information content (AvgIpc) is 2.80. The number of hydrogen-bond donors (Lipinski definition) is 1. The van der Waals surface area contributed by atoms with Crippen LogP contribution in [0, 0.1) is 6.92 Å². The number of carbonyl (C=O) groups excluding carboxylic acids is 1. The van der Waals surface area contributed by atoms with Crippen LogP contribution in [0.2, 0.25) is 0 Å². The lowest BCUT2D eigenvalue weighted by molar-refractivity contribution is 0.102. The number of aromatic nitrogens is 2. The monoisotopic (exact) mass is 411 g/mol. The predicted molar refractivity (Wildman–Crippen MR) is 120 cm³/mol. The molecule has 0 aliphatic carbocycles. The van der Waals surface area contributed by atoms with Crippen molar-refractivity contribution in [2.24, 2.45) is 0 Å². The van der Waals surface area contributed by atoms with Crippen molar-refractivity contribution in [2.45, 2.75) is 6.92 Å². The average molecular weight is 411 g/mol. The van der Waals surface area contributed by atoms with Crippen LogP contribution in [-0.2, 0) is 0 Å². The lowest BCUT2D eigenvalue weighted by atomic mass is 10.0. The summed E-state index contributed by atoms with van der Waals surface area (Å²) in [6.45, 7) is 2.05. The molecule has 0 bridgehead atoms. The van der Waals surface area contributed by atoms with Gasteiger partial charge in [-0.3, -0.25) is 4.79 Å². The third-order valence-electron chi connectivity index (χ3n) is 4.74. The molecule has 31 heavy (non-hydrogen) atoms. The van der Waals surface area contributed by atoms with Gasteiger partial charge in [-0.2, -0.15) is 0 Å². The molecule has 1 heterocycles. The predicted octanol–water partition coefficient (Wildman–Crippen LogP) is 5.51. The Kier molecular flexibility index (Phi) is 5.89. The summed E-state index contributed by atoms with van der Waals surface area (Å²) in [6, 6.07) is 22.3. The third-order valence-corrected chi connectivity index (χ3v) is 4.74. The van der Waals surface area contributed by atoms with E-state index in [1.807, 2.05) is 43.3 Å². The van der Waals surface area contributed by atoms with E-state index in [0.717, 1.165) is 16.7 Å². The molecule has 0 fully saturated rings. The molecule has 0 saturated heterocycles. The smallest absolute Gasteiger partial charge is 0.321 e. The maximum Gasteiger partial charge on any atom is 0.321 e. The fourth-order valence-corrected chi connectivity index (χ4v) is 3.09. The van der Waals surface area contributed by atoms with Crippen molar-refractivity contribution in [3.05, 3.63) is 96.3 Å². The maximum absolute atomic E-state index is 12.5. The topological polar surface area (TPSA) is 73.3 Å². The molecule has 0 aliphatic rings. The molecule has 6 nitrogen and oxygen atoms in total. The Labute approximate surface area is 180 Å². The van der Waals surface area contributed by atoms with E-state index in [-0.39, 0.29) is 11.9 Å². The zero-order valence-corrected chi connectivity index (χ0v) is 17.2. The van der Waals surface area contributed by atoms with Crippen molar-refractivity contribution in [1.29, 1.82) is 0 Å². The Hall–Kier alpha value is -4.19. The lowest BCUT2D eigenvalue weighted by Gasteiger charge is -2.09. The summed E-state index contributed by atoms with van der Waals surface area (Å²) in [5.74, 6) is 0.996. The van der Waals surface area contributed by atoms with Gasteiger partial charge in [0.15, 0.2) is 0 Å². The van der Waals surface area contributed by atoms with Gasteiger partial charge in [-0.15, -0.1) is 0 Å². The van der Waals surface area contributed by atoms with E-state index in [9.17, 15) is 4.79 Å². The zero-order chi connectivity index (χ0) is 21.6. The number of aryl methyl sites for hydroxylation is 1. The molecule has 0 atom stereocenters. The molecule has 0 radical (unpaired) electrons. The van der Waals surface area contributed by atoms with E-state index in [2.05, 4.69) is 15.3 Å². The first-order valence-corrected chi connectivity index (χ1v) is 9.74. The van der Waals surface area contributed by atoms with Crippen LogP contribution in [0.5, 0.6) is 17.5 Å². The van der Waals surface area contributed by atoms with Gasteiger partial charge >= 0.3 is 6.01 Å². The fraction of sp³-hybridized carbons (Fsp3) is 0.0800. The Morgan fingerprint density at radius 3 is 2.32 bits per heavy atom. The van der Waals surface area contributed by atoms with Crippen LogP contribution in [0.3, 0.4) is 0 Å². The summed E-state index contributed by atoms with van der Waals surface area (Å²) in [5.41, 5.74) is 4.33. The zero-order valence-electron chi connectivity index (χ0n) is 17.2. The van der Waals surface area contributed by atoms with Gasteiger partial charge in [0.2, 0.25) is 0 Å². The van der Waals surface area contributed by atoms with Gasteiger partial charge in [-0.05, 0) is 54.4 Å². The second-order valence-corrected chi connectivity index (χ2v) is 6.88. The van der Waals surface area contributed by atoms with Gasteiger partial charge in [0.05, 0.1) is 7.11 Å². The minimum Gasteiger partial charge on any atom is -0.497 e. The van der Waals surface area contributed by atoms with Crippen LogP contribution < -0.4 is 14.8 Å². The fourth-order valence-electron chi connectivity index (χ4n) is 3.09. The summed E-state index contributed by atoms with van der Waals surface area (Å²) >= 11 is 0. The highest BCUT2D eigenvalue weighted by atomic mass is 16.5. The molecule has 4 aromatic rings. The Morgan fingerprint density at radius 2 is 1.61 bits per heavy atom. The van der Waals surface area contributed by atoms with Crippen molar-refractivity contribution >= 4 is 11.6 Å². The van der Waals surface area contributed by atoms with E-state index >= 15 is 0 Å². The third kappa shape index (κ3) is 4.87. The van der Waals surface area contributed by atoms with Crippen molar-refractivity contribution in [2.75, 3.05) is 12.4 Å². The molecule has 1 aromatic heterocycles. The van der Waals surface area contributed by atoms with Crippen molar-refractivity contribution in [1.82, 2.24) is 9.97 Å². The summed E-state index contributed by atoms with van der Waals surface area (Å²) in [6.07, 6.45) is 3.47. The number of carbonyl (C=O) groups is 1. The summed E-state index contributed by atoms with van der Waals surface area (Å²) in [7, 11) is 1.58. The van der Waals surface area contributed by atoms with Crippen LogP contribution in [0.15, 0.2) is 85.2 Å². The van der Waals surface area contributed by atoms with E-state index in [0.29, 0.717) is 22.7 Å². The molecule has 1 amide bonds. The first kappa shape index (κ1) is 20.1. The molecule has 0 aliphatic heterocycles. The van der Waals surface area contributed by atoms with Crippen LogP contribution in [0.25, 0.3) is 11.1 Å². The first-order valence-electron chi connectivity index (χ1n) is 9.74. The Morgan fingerprint density at radius 1 is 0.871 bits per heavy atom. The van der Waals surface area contributed by atoms with E-state index in [1.165, 1.54) is 0 Å². The van der Waals surface area contributed by atoms with Crippen LogP contribution >= 0.6 is 0 Å². The van der Waals surface area contributed by atoms with E-state index < -0.39 is 0 Å². The minimum absolute atomic E-state index is 0.223. The second kappa shape index (κ2) is 9.09. The minimum atomic E-state index is -0.223. The van der Waals surface area contributed by atoms with Gasteiger partial charge < -0.3 is 14.8 Å². The highest BCUT2D eigenvalue weighted by Crippen LogP contribution is 2.24. The van der Waals surface area contributed by atoms with Gasteiger partial charge in [-0.1, -0.05) is 30.3 Å². The number of rotatable bonds is 6. The number of amides is 1. The molecule has 4 rings (SSSR count). The lowest BCUT2D eigenvalue weighted by Crippen LogP contribution is -2.11.